The Morgan fingerprint density at radius 1 is 0.531 bits per heavy atom. The van der Waals surface area contributed by atoms with Crippen LogP contribution in [0.5, 0.6) is 0 Å². The Hall–Kier alpha value is -4.58. The number of nitrogens with one attached hydrogen (secondary N) is 2. The van der Waals surface area contributed by atoms with Gasteiger partial charge in [0, 0.05) is 23.2 Å². The van der Waals surface area contributed by atoms with Crippen molar-refractivity contribution in [2.24, 2.45) is 10.2 Å². The zero-order chi connectivity index (χ0) is 21.8. The lowest BCUT2D eigenvalue weighted by Crippen LogP contribution is -2.01. The largest absolute Gasteiger partial charge is 0.259 e. The van der Waals surface area contributed by atoms with Gasteiger partial charge in [-0.05, 0) is 23.3 Å². The van der Waals surface area contributed by atoms with Crippen molar-refractivity contribution in [3.05, 3.63) is 108 Å². The van der Waals surface area contributed by atoms with Gasteiger partial charge in [-0.25, -0.2) is 0 Å². The van der Waals surface area contributed by atoms with Crippen LogP contribution in [0.1, 0.15) is 11.1 Å². The highest BCUT2D eigenvalue weighted by molar-refractivity contribution is 5.98. The third kappa shape index (κ3) is 5.73. The Balaban J connectivity index is 1.42. The Kier molecular flexibility index (Phi) is 7.10. The summed E-state index contributed by atoms with van der Waals surface area (Å²) >= 11 is 0. The first kappa shape index (κ1) is 20.7. The van der Waals surface area contributed by atoms with Crippen LogP contribution in [0.25, 0.3) is 22.9 Å². The highest BCUT2D eigenvalue weighted by atomic mass is 15.4. The van der Waals surface area contributed by atoms with Crippen LogP contribution in [0.15, 0.2) is 107 Å². The van der Waals surface area contributed by atoms with Crippen LogP contribution >= 0.6 is 0 Å². The summed E-state index contributed by atoms with van der Waals surface area (Å²) in [5.74, 6) is 1.15. The molecular formula is C26H22N6. The van der Waals surface area contributed by atoms with E-state index in [1.54, 1.807) is 12.4 Å². The van der Waals surface area contributed by atoms with Crippen molar-refractivity contribution in [1.82, 2.24) is 10.2 Å². The maximum absolute atomic E-state index is 4.26. The van der Waals surface area contributed by atoms with Gasteiger partial charge >= 0.3 is 0 Å². The molecule has 0 saturated heterocycles. The average molecular weight is 419 g/mol. The average Bonchev–Trinajstić information content (AvgIpc) is 2.86. The standard InChI is InChI=1S/C26H22N6/c1-3-11-21(12-4-1)15-9-19-27-29-25-23-17-7-8-18-24(23)26(32-31-25)30-28-20-10-16-22-13-5-2-6-14-22/h1-20H,(H,29,31)(H,30,32)/b15-9-,16-10+,27-19+,28-20+. The van der Waals surface area contributed by atoms with Crippen LogP contribution in [-0.4, -0.2) is 22.6 Å². The molecule has 0 aliphatic rings. The number of allylic oxidation sites excluding steroid dienone is 2. The van der Waals surface area contributed by atoms with Gasteiger partial charge in [-0.15, -0.1) is 10.2 Å². The normalized spacial score (nSPS) is 11.9. The second kappa shape index (κ2) is 11.0. The number of fused-ring (bicyclic) bond motifs is 1. The van der Waals surface area contributed by atoms with E-state index in [0.29, 0.717) is 11.6 Å². The van der Waals surface area contributed by atoms with Crippen molar-refractivity contribution in [3.63, 3.8) is 0 Å². The second-order valence-electron chi connectivity index (χ2n) is 6.76. The van der Waals surface area contributed by atoms with E-state index in [9.17, 15) is 0 Å². The van der Waals surface area contributed by atoms with Gasteiger partial charge in [0.1, 0.15) is 0 Å². The van der Waals surface area contributed by atoms with E-state index in [1.807, 2.05) is 109 Å². The first-order chi connectivity index (χ1) is 15.9. The summed E-state index contributed by atoms with van der Waals surface area (Å²) in [6.07, 6.45) is 11.0. The van der Waals surface area contributed by atoms with E-state index in [1.165, 1.54) is 0 Å². The van der Waals surface area contributed by atoms with Gasteiger partial charge in [0.05, 0.1) is 0 Å². The van der Waals surface area contributed by atoms with Crippen molar-refractivity contribution in [2.45, 2.75) is 0 Å². The summed E-state index contributed by atoms with van der Waals surface area (Å²) < 4.78 is 0. The predicted octanol–water partition coefficient (Wildman–Crippen LogP) is 5.85. The highest BCUT2D eigenvalue weighted by Crippen LogP contribution is 2.25. The van der Waals surface area contributed by atoms with Crippen LogP contribution in [0.2, 0.25) is 0 Å². The van der Waals surface area contributed by atoms with E-state index in [-0.39, 0.29) is 0 Å². The number of rotatable bonds is 8. The molecule has 0 atom stereocenters. The van der Waals surface area contributed by atoms with Gasteiger partial charge in [-0.1, -0.05) is 97.1 Å². The SMILES string of the molecule is C(=C/c1ccccc1)/C=N/Nc1nnc(N/N=C/C=C/c2ccccc2)c2ccccc12. The Morgan fingerprint density at radius 2 is 0.938 bits per heavy atom. The first-order valence-corrected chi connectivity index (χ1v) is 10.2. The van der Waals surface area contributed by atoms with Crippen LogP contribution in [0, 0.1) is 0 Å². The predicted molar refractivity (Wildman–Crippen MR) is 135 cm³/mol. The Bertz CT molecular complexity index is 1160. The molecule has 6 nitrogen and oxygen atoms in total. The van der Waals surface area contributed by atoms with Crippen molar-refractivity contribution in [1.29, 1.82) is 0 Å². The number of benzene rings is 3. The minimum Gasteiger partial charge on any atom is -0.259 e. The summed E-state index contributed by atoms with van der Waals surface area (Å²) in [5.41, 5.74) is 8.15. The second-order valence-corrected chi connectivity index (χ2v) is 6.76. The molecule has 0 aliphatic carbocycles. The van der Waals surface area contributed by atoms with Gasteiger partial charge < -0.3 is 0 Å². The smallest absolute Gasteiger partial charge is 0.176 e. The van der Waals surface area contributed by atoms with Crippen LogP contribution in [0.4, 0.5) is 11.6 Å². The molecule has 0 unspecified atom stereocenters. The highest BCUT2D eigenvalue weighted by Gasteiger charge is 2.07. The molecule has 4 aromatic rings. The number of anilines is 2. The minimum atomic E-state index is 0.573. The number of hydrazone groups is 2. The maximum Gasteiger partial charge on any atom is 0.176 e. The molecule has 156 valence electrons. The first-order valence-electron chi connectivity index (χ1n) is 10.2. The molecule has 0 amide bonds. The van der Waals surface area contributed by atoms with Crippen LogP contribution in [0.3, 0.4) is 0 Å². The fourth-order valence-electron chi connectivity index (χ4n) is 2.99. The summed E-state index contributed by atoms with van der Waals surface area (Å²) in [6.45, 7) is 0. The van der Waals surface area contributed by atoms with Gasteiger partial charge in [-0.3, -0.25) is 10.9 Å². The van der Waals surface area contributed by atoms with Crippen molar-refractivity contribution in [2.75, 3.05) is 10.9 Å². The molecule has 0 spiro atoms. The molecule has 32 heavy (non-hydrogen) atoms. The van der Waals surface area contributed by atoms with Gasteiger partial charge in [0.25, 0.3) is 0 Å². The van der Waals surface area contributed by atoms with Gasteiger partial charge in [0.15, 0.2) is 11.6 Å². The molecule has 1 aromatic heterocycles. The molecule has 0 aliphatic heterocycles. The lowest BCUT2D eigenvalue weighted by molar-refractivity contribution is 1.03. The van der Waals surface area contributed by atoms with E-state index in [0.717, 1.165) is 21.9 Å². The summed E-state index contributed by atoms with van der Waals surface area (Å²) in [6, 6.07) is 27.9. The molecular weight excluding hydrogens is 396 g/mol. The van der Waals surface area contributed by atoms with Crippen molar-refractivity contribution < 1.29 is 0 Å². The zero-order valence-corrected chi connectivity index (χ0v) is 17.3. The summed E-state index contributed by atoms with van der Waals surface area (Å²) in [7, 11) is 0. The Morgan fingerprint density at radius 3 is 1.38 bits per heavy atom. The molecule has 0 radical (unpaired) electrons. The fourth-order valence-corrected chi connectivity index (χ4v) is 2.99. The third-order valence-electron chi connectivity index (χ3n) is 4.53. The summed E-state index contributed by atoms with van der Waals surface area (Å²) in [5, 5.41) is 18.8. The lowest BCUT2D eigenvalue weighted by Gasteiger charge is -2.07. The molecule has 3 aromatic carbocycles. The topological polar surface area (TPSA) is 74.6 Å². The number of hydrogen-bond acceptors (Lipinski definition) is 6. The van der Waals surface area contributed by atoms with Crippen molar-refractivity contribution >= 4 is 47.0 Å². The number of nitrogens with zero attached hydrogens (tertiary/aromatic N) is 4. The number of hydrogen-bond donors (Lipinski definition) is 2. The van der Waals surface area contributed by atoms with Crippen LogP contribution < -0.4 is 10.9 Å². The molecule has 1 heterocycles. The lowest BCUT2D eigenvalue weighted by atomic mass is 10.2. The van der Waals surface area contributed by atoms with Crippen molar-refractivity contribution in [3.8, 4) is 0 Å². The number of aromatic nitrogens is 2. The van der Waals surface area contributed by atoms with E-state index >= 15 is 0 Å². The molecule has 2 N–H and O–H groups in total. The third-order valence-corrected chi connectivity index (χ3v) is 4.53. The van der Waals surface area contributed by atoms with Gasteiger partial charge in [0.2, 0.25) is 0 Å². The zero-order valence-electron chi connectivity index (χ0n) is 17.3. The molecule has 4 rings (SSSR count). The molecule has 0 saturated carbocycles. The molecule has 6 heteroatoms. The maximum atomic E-state index is 4.26. The fraction of sp³-hybridized carbons (Fsp3) is 0. The minimum absolute atomic E-state index is 0.573. The van der Waals surface area contributed by atoms with Crippen LogP contribution in [-0.2, 0) is 0 Å². The molecule has 0 bridgehead atoms. The van der Waals surface area contributed by atoms with Gasteiger partial charge in [-0.2, -0.15) is 10.2 Å². The Labute approximate surface area is 186 Å². The van der Waals surface area contributed by atoms with E-state index in [4.69, 9.17) is 0 Å². The van der Waals surface area contributed by atoms with E-state index < -0.39 is 0 Å². The quantitative estimate of drug-likeness (QED) is 0.278. The monoisotopic (exact) mass is 418 g/mol. The summed E-state index contributed by atoms with van der Waals surface area (Å²) in [4.78, 5) is 0. The van der Waals surface area contributed by atoms with E-state index in [2.05, 4.69) is 31.3 Å². The molecule has 0 fully saturated rings.